The van der Waals surface area contributed by atoms with Crippen LogP contribution in [0.2, 0.25) is 0 Å². The molecule has 7 heteroatoms. The highest BCUT2D eigenvalue weighted by Crippen LogP contribution is 2.13. The zero-order valence-electron chi connectivity index (χ0n) is 11.4. The molecular weight excluding hydrogens is 284 g/mol. The number of esters is 1. The van der Waals surface area contributed by atoms with E-state index in [0.29, 0.717) is 0 Å². The van der Waals surface area contributed by atoms with Crippen molar-refractivity contribution in [3.8, 4) is 0 Å². The van der Waals surface area contributed by atoms with Crippen LogP contribution in [0.3, 0.4) is 0 Å². The lowest BCUT2D eigenvalue weighted by atomic mass is 10.2. The molecule has 0 aliphatic rings. The van der Waals surface area contributed by atoms with Crippen molar-refractivity contribution in [1.82, 2.24) is 0 Å². The molecule has 0 spiro atoms. The Hall–Kier alpha value is -1.44. The molecule has 1 rings (SSSR count). The van der Waals surface area contributed by atoms with E-state index in [2.05, 4.69) is 4.74 Å². The van der Waals surface area contributed by atoms with Gasteiger partial charge < -0.3 is 9.84 Å². The summed E-state index contributed by atoms with van der Waals surface area (Å²) in [6.45, 7) is 3.19. The summed E-state index contributed by atoms with van der Waals surface area (Å²) < 4.78 is 33.0. The lowest BCUT2D eigenvalue weighted by Gasteiger charge is -2.11. The maximum absolute atomic E-state index is 11.8. The normalized spacial score (nSPS) is 12.9. The molecule has 6 nitrogen and oxygen atoms in total. The second-order valence-corrected chi connectivity index (χ2v) is 5.83. The van der Waals surface area contributed by atoms with Gasteiger partial charge in [0, 0.05) is 0 Å². The Balaban J connectivity index is 2.55. The highest BCUT2D eigenvalue weighted by atomic mass is 32.2. The molecule has 0 amide bonds. The van der Waals surface area contributed by atoms with Gasteiger partial charge in [-0.15, -0.1) is 0 Å². The first-order valence-electron chi connectivity index (χ1n) is 6.15. The van der Waals surface area contributed by atoms with Gasteiger partial charge in [0.25, 0.3) is 10.1 Å². The zero-order valence-corrected chi connectivity index (χ0v) is 12.2. The minimum absolute atomic E-state index is 0.00596. The largest absolute Gasteiger partial charge is 0.466 e. The molecule has 0 saturated carbocycles. The van der Waals surface area contributed by atoms with Crippen molar-refractivity contribution in [3.05, 3.63) is 29.8 Å². The summed E-state index contributed by atoms with van der Waals surface area (Å²) in [5, 5.41) is 9.51. The molecule has 1 aromatic carbocycles. The fourth-order valence-electron chi connectivity index (χ4n) is 1.41. The third kappa shape index (κ3) is 5.28. The molecule has 0 bridgehead atoms. The number of aliphatic hydroxyl groups is 1. The van der Waals surface area contributed by atoms with Crippen molar-refractivity contribution in [2.24, 2.45) is 0 Å². The number of aryl methyl sites for hydroxylation is 1. The Bertz CT molecular complexity index is 534. The number of aliphatic hydroxyl groups excluding tert-OH is 1. The van der Waals surface area contributed by atoms with E-state index in [-0.39, 0.29) is 17.9 Å². The molecule has 0 aromatic heterocycles. The molecule has 1 atom stereocenters. The first-order chi connectivity index (χ1) is 9.35. The van der Waals surface area contributed by atoms with Crippen LogP contribution in [0.4, 0.5) is 0 Å². The summed E-state index contributed by atoms with van der Waals surface area (Å²) in [5.74, 6) is -0.601. The summed E-state index contributed by atoms with van der Waals surface area (Å²) in [7, 11) is -3.93. The van der Waals surface area contributed by atoms with Gasteiger partial charge in [0.2, 0.25) is 0 Å². The summed E-state index contributed by atoms with van der Waals surface area (Å²) >= 11 is 0. The van der Waals surface area contributed by atoms with E-state index in [0.717, 1.165) is 5.56 Å². The van der Waals surface area contributed by atoms with E-state index in [1.807, 2.05) is 6.92 Å². The predicted molar refractivity (Wildman–Crippen MR) is 71.6 cm³/mol. The van der Waals surface area contributed by atoms with Gasteiger partial charge in [0.15, 0.2) is 0 Å². The molecule has 0 heterocycles. The van der Waals surface area contributed by atoms with Crippen LogP contribution in [0, 0.1) is 6.92 Å². The fourth-order valence-corrected chi connectivity index (χ4v) is 2.35. The van der Waals surface area contributed by atoms with Crippen LogP contribution in [0.5, 0.6) is 0 Å². The maximum Gasteiger partial charge on any atom is 0.308 e. The summed E-state index contributed by atoms with van der Waals surface area (Å²) in [5.41, 5.74) is 0.922. The van der Waals surface area contributed by atoms with E-state index < -0.39 is 28.8 Å². The highest BCUT2D eigenvalue weighted by Gasteiger charge is 2.19. The number of ether oxygens (including phenoxy) is 1. The molecule has 0 saturated heterocycles. The van der Waals surface area contributed by atoms with Crippen LogP contribution in [-0.2, 0) is 23.8 Å². The van der Waals surface area contributed by atoms with Gasteiger partial charge in [0.05, 0.1) is 30.6 Å². The van der Waals surface area contributed by atoms with E-state index in [9.17, 15) is 18.3 Å². The van der Waals surface area contributed by atoms with Crippen molar-refractivity contribution < 1.29 is 27.2 Å². The monoisotopic (exact) mass is 302 g/mol. The molecule has 1 aromatic rings. The minimum Gasteiger partial charge on any atom is -0.466 e. The number of carbonyl (C=O) groups is 1. The lowest BCUT2D eigenvalue weighted by molar-refractivity contribution is -0.145. The van der Waals surface area contributed by atoms with Crippen LogP contribution in [-0.4, -0.2) is 38.8 Å². The fraction of sp³-hybridized carbons (Fsp3) is 0.462. The Labute approximate surface area is 118 Å². The van der Waals surface area contributed by atoms with Gasteiger partial charge in [-0.1, -0.05) is 17.7 Å². The van der Waals surface area contributed by atoms with Gasteiger partial charge in [0.1, 0.15) is 0 Å². The topological polar surface area (TPSA) is 89.9 Å². The third-order valence-corrected chi connectivity index (χ3v) is 3.73. The quantitative estimate of drug-likeness (QED) is 0.597. The van der Waals surface area contributed by atoms with E-state index in [1.165, 1.54) is 12.1 Å². The summed E-state index contributed by atoms with van der Waals surface area (Å²) in [6.07, 6.45) is -1.54. The molecule has 0 radical (unpaired) electrons. The van der Waals surface area contributed by atoms with Gasteiger partial charge >= 0.3 is 5.97 Å². The SMILES string of the molecule is CCOC(=O)C[C@H](O)COS(=O)(=O)c1ccc(C)cc1. The van der Waals surface area contributed by atoms with Crippen molar-refractivity contribution in [1.29, 1.82) is 0 Å². The number of hydrogen-bond donors (Lipinski definition) is 1. The molecule has 0 fully saturated rings. The highest BCUT2D eigenvalue weighted by molar-refractivity contribution is 7.86. The third-order valence-electron chi connectivity index (χ3n) is 2.43. The Morgan fingerprint density at radius 3 is 2.45 bits per heavy atom. The maximum atomic E-state index is 11.8. The van der Waals surface area contributed by atoms with Crippen molar-refractivity contribution in [2.45, 2.75) is 31.3 Å². The van der Waals surface area contributed by atoms with E-state index in [1.54, 1.807) is 19.1 Å². The molecule has 0 unspecified atom stereocenters. The second-order valence-electron chi connectivity index (χ2n) is 4.21. The van der Waals surface area contributed by atoms with Crippen LogP contribution in [0.25, 0.3) is 0 Å². The van der Waals surface area contributed by atoms with Gasteiger partial charge in [-0.3, -0.25) is 8.98 Å². The van der Waals surface area contributed by atoms with Crippen LogP contribution >= 0.6 is 0 Å². The van der Waals surface area contributed by atoms with Crippen LogP contribution in [0.1, 0.15) is 18.9 Å². The Morgan fingerprint density at radius 2 is 1.90 bits per heavy atom. The molecule has 20 heavy (non-hydrogen) atoms. The minimum atomic E-state index is -3.93. The standard InChI is InChI=1S/C13H18O6S/c1-3-18-13(15)8-11(14)9-19-20(16,17)12-6-4-10(2)5-7-12/h4-7,11,14H,3,8-9H2,1-2H3/t11-/m0/s1. The van der Waals surface area contributed by atoms with Gasteiger partial charge in [-0.25, -0.2) is 0 Å². The van der Waals surface area contributed by atoms with E-state index >= 15 is 0 Å². The van der Waals surface area contributed by atoms with Crippen molar-refractivity contribution in [2.75, 3.05) is 13.2 Å². The molecular formula is C13H18O6S. The number of rotatable bonds is 7. The Morgan fingerprint density at radius 1 is 1.30 bits per heavy atom. The Kier molecular flexibility index (Phi) is 6.12. The van der Waals surface area contributed by atoms with E-state index in [4.69, 9.17) is 4.18 Å². The van der Waals surface area contributed by atoms with Gasteiger partial charge in [-0.2, -0.15) is 8.42 Å². The molecule has 1 N–H and O–H groups in total. The second kappa shape index (κ2) is 7.37. The average Bonchev–Trinajstić information content (AvgIpc) is 2.37. The lowest BCUT2D eigenvalue weighted by Crippen LogP contribution is -2.23. The first-order valence-corrected chi connectivity index (χ1v) is 7.55. The van der Waals surface area contributed by atoms with Gasteiger partial charge in [-0.05, 0) is 26.0 Å². The van der Waals surface area contributed by atoms with Crippen LogP contribution < -0.4 is 0 Å². The smallest absolute Gasteiger partial charge is 0.308 e. The zero-order chi connectivity index (χ0) is 15.2. The van der Waals surface area contributed by atoms with Crippen molar-refractivity contribution in [3.63, 3.8) is 0 Å². The number of hydrogen-bond acceptors (Lipinski definition) is 6. The number of benzene rings is 1. The number of carbonyl (C=O) groups excluding carboxylic acids is 1. The molecule has 0 aliphatic carbocycles. The molecule has 0 aliphatic heterocycles. The predicted octanol–water partition coefficient (Wildman–Crippen LogP) is 1.01. The first kappa shape index (κ1) is 16.6. The summed E-state index contributed by atoms with van der Waals surface area (Å²) in [6, 6.07) is 6.13. The van der Waals surface area contributed by atoms with Crippen molar-refractivity contribution >= 4 is 16.1 Å². The average molecular weight is 302 g/mol. The van der Waals surface area contributed by atoms with Crippen LogP contribution in [0.15, 0.2) is 29.2 Å². The molecule has 112 valence electrons. The summed E-state index contributed by atoms with van der Waals surface area (Å²) in [4.78, 5) is 11.1.